The van der Waals surface area contributed by atoms with Gasteiger partial charge in [0.25, 0.3) is 0 Å². The van der Waals surface area contributed by atoms with Gasteiger partial charge in [-0.25, -0.2) is 8.42 Å². The van der Waals surface area contributed by atoms with Crippen LogP contribution in [0.1, 0.15) is 46.1 Å². The fraction of sp³-hybridized carbons (Fsp3) is 0.625. The van der Waals surface area contributed by atoms with Crippen LogP contribution >= 0.6 is 0 Å². The molecular formula is C16H27NO2S. The number of hydrogen-bond acceptors (Lipinski definition) is 3. The van der Waals surface area contributed by atoms with E-state index >= 15 is 0 Å². The summed E-state index contributed by atoms with van der Waals surface area (Å²) in [5.41, 5.74) is 1.20. The van der Waals surface area contributed by atoms with Gasteiger partial charge >= 0.3 is 0 Å². The minimum absolute atomic E-state index is 0.147. The summed E-state index contributed by atoms with van der Waals surface area (Å²) in [4.78, 5) is 0.419. The Hall–Kier alpha value is -0.870. The van der Waals surface area contributed by atoms with E-state index < -0.39 is 9.84 Å². The molecule has 2 atom stereocenters. The summed E-state index contributed by atoms with van der Waals surface area (Å²) in [6.07, 6.45) is 0. The zero-order valence-corrected chi connectivity index (χ0v) is 14.0. The molecule has 0 radical (unpaired) electrons. The predicted molar refractivity (Wildman–Crippen MR) is 84.9 cm³/mol. The SMILES string of the molecule is CCNC(C)C(c1ccc(S(=O)(=O)CC)cc1)C(C)C. The summed E-state index contributed by atoms with van der Waals surface area (Å²) in [6.45, 7) is 11.3. The average Bonchev–Trinajstić information content (AvgIpc) is 2.39. The van der Waals surface area contributed by atoms with Crippen LogP contribution in [0.15, 0.2) is 29.2 Å². The van der Waals surface area contributed by atoms with Crippen molar-refractivity contribution in [1.29, 1.82) is 0 Å². The molecule has 0 aliphatic carbocycles. The van der Waals surface area contributed by atoms with Crippen molar-refractivity contribution in [1.82, 2.24) is 5.32 Å². The zero-order valence-electron chi connectivity index (χ0n) is 13.2. The Kier molecular flexibility index (Phi) is 6.21. The Morgan fingerprint density at radius 2 is 1.60 bits per heavy atom. The topological polar surface area (TPSA) is 46.2 Å². The highest BCUT2D eigenvalue weighted by Crippen LogP contribution is 2.29. The molecule has 4 heteroatoms. The maximum absolute atomic E-state index is 11.8. The fourth-order valence-electron chi connectivity index (χ4n) is 2.76. The molecule has 1 aromatic rings. The number of rotatable bonds is 7. The van der Waals surface area contributed by atoms with Crippen molar-refractivity contribution in [2.45, 2.75) is 51.5 Å². The first-order valence-electron chi connectivity index (χ1n) is 7.39. The van der Waals surface area contributed by atoms with Crippen LogP contribution in [0, 0.1) is 5.92 Å². The summed E-state index contributed by atoms with van der Waals surface area (Å²) in [7, 11) is -3.11. The van der Waals surface area contributed by atoms with Gasteiger partial charge in [0, 0.05) is 12.0 Å². The molecule has 0 aliphatic heterocycles. The second kappa shape index (κ2) is 7.23. The van der Waals surface area contributed by atoms with Crippen LogP contribution in [0.3, 0.4) is 0 Å². The molecule has 2 unspecified atom stereocenters. The Bertz CT molecular complexity index is 506. The highest BCUT2D eigenvalue weighted by atomic mass is 32.2. The number of sulfone groups is 1. The Morgan fingerprint density at radius 3 is 2.00 bits per heavy atom. The molecule has 0 saturated heterocycles. The van der Waals surface area contributed by atoms with Gasteiger partial charge in [0.05, 0.1) is 10.6 Å². The number of nitrogens with one attached hydrogen (secondary N) is 1. The van der Waals surface area contributed by atoms with E-state index in [4.69, 9.17) is 0 Å². The Labute approximate surface area is 123 Å². The lowest BCUT2D eigenvalue weighted by atomic mass is 9.83. The molecule has 0 spiro atoms. The van der Waals surface area contributed by atoms with Gasteiger partial charge < -0.3 is 5.32 Å². The minimum Gasteiger partial charge on any atom is -0.314 e. The number of hydrogen-bond donors (Lipinski definition) is 1. The average molecular weight is 297 g/mol. The lowest BCUT2D eigenvalue weighted by Gasteiger charge is -2.28. The second-order valence-corrected chi connectivity index (χ2v) is 7.87. The maximum atomic E-state index is 11.8. The highest BCUT2D eigenvalue weighted by molar-refractivity contribution is 7.91. The smallest absolute Gasteiger partial charge is 0.178 e. The van der Waals surface area contributed by atoms with E-state index in [0.29, 0.717) is 22.8 Å². The van der Waals surface area contributed by atoms with Crippen molar-refractivity contribution in [3.8, 4) is 0 Å². The van der Waals surface area contributed by atoms with Crippen LogP contribution < -0.4 is 5.32 Å². The quantitative estimate of drug-likeness (QED) is 0.840. The van der Waals surface area contributed by atoms with Gasteiger partial charge in [0.1, 0.15) is 0 Å². The number of benzene rings is 1. The van der Waals surface area contributed by atoms with E-state index in [-0.39, 0.29) is 5.75 Å². The lowest BCUT2D eigenvalue weighted by molar-refractivity contribution is 0.383. The van der Waals surface area contributed by atoms with Crippen molar-refractivity contribution >= 4 is 9.84 Å². The van der Waals surface area contributed by atoms with E-state index in [2.05, 4.69) is 33.0 Å². The maximum Gasteiger partial charge on any atom is 0.178 e. The standard InChI is InChI=1S/C16H27NO2S/c1-6-17-13(5)16(12(3)4)14-8-10-15(11-9-14)20(18,19)7-2/h8-13,16-17H,6-7H2,1-5H3. The number of likely N-dealkylation sites (N-methyl/N-ethyl adjacent to an activating group) is 1. The molecule has 0 aromatic heterocycles. The van der Waals surface area contributed by atoms with Gasteiger partial charge in [0.15, 0.2) is 9.84 Å². The van der Waals surface area contributed by atoms with Crippen LogP contribution in [0.4, 0.5) is 0 Å². The molecule has 0 fully saturated rings. The highest BCUT2D eigenvalue weighted by Gasteiger charge is 2.22. The van der Waals surface area contributed by atoms with Crippen molar-refractivity contribution in [2.75, 3.05) is 12.3 Å². The van der Waals surface area contributed by atoms with E-state index in [0.717, 1.165) is 6.54 Å². The fourth-order valence-corrected chi connectivity index (χ4v) is 3.65. The van der Waals surface area contributed by atoms with Gasteiger partial charge in [-0.15, -0.1) is 0 Å². The largest absolute Gasteiger partial charge is 0.314 e. The third-order valence-electron chi connectivity index (χ3n) is 3.79. The third-order valence-corrected chi connectivity index (χ3v) is 5.54. The van der Waals surface area contributed by atoms with Crippen LogP contribution in [-0.2, 0) is 9.84 Å². The van der Waals surface area contributed by atoms with Gasteiger partial charge in [-0.05, 0) is 37.1 Å². The lowest BCUT2D eigenvalue weighted by Crippen LogP contribution is -2.34. The van der Waals surface area contributed by atoms with Crippen molar-refractivity contribution in [3.05, 3.63) is 29.8 Å². The van der Waals surface area contributed by atoms with Gasteiger partial charge in [-0.2, -0.15) is 0 Å². The van der Waals surface area contributed by atoms with Crippen molar-refractivity contribution in [3.63, 3.8) is 0 Å². The molecule has 1 N–H and O–H groups in total. The first-order chi connectivity index (χ1) is 9.33. The molecule has 114 valence electrons. The van der Waals surface area contributed by atoms with Crippen LogP contribution in [0.25, 0.3) is 0 Å². The van der Waals surface area contributed by atoms with Crippen LogP contribution in [0.2, 0.25) is 0 Å². The van der Waals surface area contributed by atoms with Crippen LogP contribution in [-0.4, -0.2) is 26.8 Å². The molecule has 1 aromatic carbocycles. The summed E-state index contributed by atoms with van der Waals surface area (Å²) in [5, 5.41) is 3.46. The first-order valence-corrected chi connectivity index (χ1v) is 9.04. The molecule has 0 bridgehead atoms. The monoisotopic (exact) mass is 297 g/mol. The molecule has 1 rings (SSSR count). The third kappa shape index (κ3) is 4.06. The Morgan fingerprint density at radius 1 is 1.05 bits per heavy atom. The van der Waals surface area contributed by atoms with Gasteiger partial charge in [0.2, 0.25) is 0 Å². The first kappa shape index (κ1) is 17.2. The van der Waals surface area contributed by atoms with Crippen LogP contribution in [0.5, 0.6) is 0 Å². The molecule has 0 heterocycles. The normalized spacial score (nSPS) is 15.3. The zero-order chi connectivity index (χ0) is 15.3. The van der Waals surface area contributed by atoms with Gasteiger partial charge in [-0.1, -0.05) is 39.8 Å². The molecule has 0 aliphatic rings. The Balaban J connectivity index is 3.06. The molecule has 20 heavy (non-hydrogen) atoms. The van der Waals surface area contributed by atoms with Gasteiger partial charge in [-0.3, -0.25) is 0 Å². The summed E-state index contributed by atoms with van der Waals surface area (Å²) < 4.78 is 23.7. The molecule has 0 saturated carbocycles. The van der Waals surface area contributed by atoms with E-state index in [1.54, 1.807) is 19.1 Å². The van der Waals surface area contributed by atoms with Crippen molar-refractivity contribution < 1.29 is 8.42 Å². The minimum atomic E-state index is -3.11. The second-order valence-electron chi connectivity index (χ2n) is 5.59. The summed E-state index contributed by atoms with van der Waals surface area (Å²) >= 11 is 0. The summed E-state index contributed by atoms with van der Waals surface area (Å²) in [6, 6.07) is 7.76. The molecule has 3 nitrogen and oxygen atoms in total. The summed E-state index contributed by atoms with van der Waals surface area (Å²) in [5.74, 6) is 1.03. The molecule has 0 amide bonds. The van der Waals surface area contributed by atoms with Crippen molar-refractivity contribution in [2.24, 2.45) is 5.92 Å². The van der Waals surface area contributed by atoms with E-state index in [1.165, 1.54) is 5.56 Å². The van der Waals surface area contributed by atoms with E-state index in [1.807, 2.05) is 12.1 Å². The van der Waals surface area contributed by atoms with E-state index in [9.17, 15) is 8.42 Å². The molecular weight excluding hydrogens is 270 g/mol. The predicted octanol–water partition coefficient (Wildman–Crippen LogP) is 3.22.